The molecule has 0 fully saturated rings. The third-order valence-corrected chi connectivity index (χ3v) is 1.49. The molecule has 10 heavy (non-hydrogen) atoms. The van der Waals surface area contributed by atoms with E-state index in [1.165, 1.54) is 6.20 Å². The van der Waals surface area contributed by atoms with Gasteiger partial charge in [0.05, 0.1) is 5.69 Å². The molecular weight excluding hydrogens is 192 g/mol. The first-order valence-electron chi connectivity index (χ1n) is 2.83. The minimum atomic E-state index is 0.866. The zero-order valence-corrected chi connectivity index (χ0v) is 6.88. The molecule has 0 spiro atoms. The lowest BCUT2D eigenvalue weighted by Gasteiger charge is -1.90. The molecule has 2 nitrogen and oxygen atoms in total. The molecule has 0 aliphatic carbocycles. The molecule has 0 bridgehead atoms. The van der Waals surface area contributed by atoms with Crippen molar-refractivity contribution in [2.45, 2.75) is 0 Å². The van der Waals surface area contributed by atoms with Crippen molar-refractivity contribution in [3.63, 3.8) is 0 Å². The maximum Gasteiger partial charge on any atom is 0.0644 e. The molecule has 1 aromatic rings. The van der Waals surface area contributed by atoms with E-state index >= 15 is 0 Å². The summed E-state index contributed by atoms with van der Waals surface area (Å²) in [4.78, 5) is 4.05. The second-order valence-corrected chi connectivity index (χ2v) is 2.68. The highest BCUT2D eigenvalue weighted by Gasteiger charge is 1.86. The van der Waals surface area contributed by atoms with Gasteiger partial charge in [-0.3, -0.25) is 4.98 Å². The highest BCUT2D eigenvalue weighted by Crippen LogP contribution is 2.07. The molecule has 0 unspecified atom stereocenters. The van der Waals surface area contributed by atoms with Crippen LogP contribution in [0.1, 0.15) is 5.69 Å². The Hall–Kier alpha value is -0.830. The first kappa shape index (κ1) is 7.28. The molecule has 1 heterocycles. The lowest BCUT2D eigenvalue weighted by Crippen LogP contribution is -1.81. The molecule has 0 amide bonds. The van der Waals surface area contributed by atoms with Gasteiger partial charge in [0.1, 0.15) is 0 Å². The van der Waals surface area contributed by atoms with Crippen LogP contribution in [0.5, 0.6) is 0 Å². The van der Waals surface area contributed by atoms with Crippen molar-refractivity contribution < 1.29 is 0 Å². The van der Waals surface area contributed by atoms with Crippen LogP contribution < -0.4 is 5.73 Å². The summed E-state index contributed by atoms with van der Waals surface area (Å²) in [5.74, 6) is 0. The minimum absolute atomic E-state index is 0.866. The molecule has 0 aliphatic heterocycles. The van der Waals surface area contributed by atoms with Gasteiger partial charge in [-0.1, -0.05) is 0 Å². The molecule has 0 aliphatic rings. The van der Waals surface area contributed by atoms with E-state index in [0.29, 0.717) is 0 Å². The van der Waals surface area contributed by atoms with Crippen LogP contribution in [-0.4, -0.2) is 4.98 Å². The molecule has 52 valence electrons. The summed E-state index contributed by atoms with van der Waals surface area (Å²) in [5, 5.41) is 0. The fraction of sp³-hybridized carbons (Fsp3) is 0. The Morgan fingerprint density at radius 1 is 1.50 bits per heavy atom. The number of rotatable bonds is 1. The number of halogens is 1. The van der Waals surface area contributed by atoms with E-state index in [4.69, 9.17) is 5.73 Å². The lowest BCUT2D eigenvalue weighted by molar-refractivity contribution is 1.28. The third kappa shape index (κ3) is 1.84. The zero-order valence-electron chi connectivity index (χ0n) is 5.29. The molecule has 3 heteroatoms. The summed E-state index contributed by atoms with van der Waals surface area (Å²) in [7, 11) is 0. The van der Waals surface area contributed by atoms with Gasteiger partial charge in [-0.2, -0.15) is 0 Å². The molecule has 1 aromatic heterocycles. The number of pyridine rings is 1. The summed E-state index contributed by atoms with van der Waals surface area (Å²) >= 11 is 3.28. The van der Waals surface area contributed by atoms with Gasteiger partial charge in [0.2, 0.25) is 0 Å². The Labute approximate surface area is 67.9 Å². The summed E-state index contributed by atoms with van der Waals surface area (Å²) in [6, 6.07) is 3.80. The number of hydrogen-bond donors (Lipinski definition) is 1. The quantitative estimate of drug-likeness (QED) is 0.748. The summed E-state index contributed by atoms with van der Waals surface area (Å²) in [6.07, 6.45) is 4.94. The van der Waals surface area contributed by atoms with Crippen LogP contribution in [0.3, 0.4) is 0 Å². The number of aromatic nitrogens is 1. The van der Waals surface area contributed by atoms with Crippen molar-refractivity contribution in [2.24, 2.45) is 5.73 Å². The largest absolute Gasteiger partial charge is 0.405 e. The second kappa shape index (κ2) is 3.37. The predicted molar refractivity (Wildman–Crippen MR) is 45.2 cm³/mol. The van der Waals surface area contributed by atoms with E-state index < -0.39 is 0 Å². The number of nitrogens with two attached hydrogens (primary N) is 1. The van der Waals surface area contributed by atoms with Crippen LogP contribution in [0.15, 0.2) is 29.0 Å². The summed E-state index contributed by atoms with van der Waals surface area (Å²) < 4.78 is 0.974. The van der Waals surface area contributed by atoms with Gasteiger partial charge >= 0.3 is 0 Å². The second-order valence-electron chi connectivity index (χ2n) is 1.76. The van der Waals surface area contributed by atoms with E-state index in [-0.39, 0.29) is 0 Å². The molecule has 1 rings (SSSR count). The molecule has 0 aromatic carbocycles. The van der Waals surface area contributed by atoms with Crippen molar-refractivity contribution in [3.8, 4) is 0 Å². The first-order valence-corrected chi connectivity index (χ1v) is 3.62. The standard InChI is InChI=1S/C7H7BrN2/c8-6-1-2-7(3-4-9)10-5-6/h1-5H,9H2/b4-3-. The van der Waals surface area contributed by atoms with Crippen LogP contribution in [0.4, 0.5) is 0 Å². The smallest absolute Gasteiger partial charge is 0.0644 e. The zero-order chi connectivity index (χ0) is 7.40. The van der Waals surface area contributed by atoms with Crippen LogP contribution >= 0.6 is 15.9 Å². The van der Waals surface area contributed by atoms with E-state index in [1.54, 1.807) is 12.3 Å². The van der Waals surface area contributed by atoms with Gasteiger partial charge in [0.15, 0.2) is 0 Å². The maximum atomic E-state index is 5.17. The van der Waals surface area contributed by atoms with Crippen molar-refractivity contribution in [1.82, 2.24) is 4.98 Å². The normalized spacial score (nSPS) is 10.5. The highest BCUT2D eigenvalue weighted by atomic mass is 79.9. The Balaban J connectivity index is 2.89. The number of hydrogen-bond acceptors (Lipinski definition) is 2. The molecule has 0 radical (unpaired) electrons. The van der Waals surface area contributed by atoms with E-state index in [0.717, 1.165) is 10.2 Å². The Morgan fingerprint density at radius 2 is 2.30 bits per heavy atom. The fourth-order valence-corrected chi connectivity index (χ4v) is 0.819. The van der Waals surface area contributed by atoms with Gasteiger partial charge in [-0.25, -0.2) is 0 Å². The molecule has 0 atom stereocenters. The highest BCUT2D eigenvalue weighted by molar-refractivity contribution is 9.10. The van der Waals surface area contributed by atoms with Gasteiger partial charge in [0.25, 0.3) is 0 Å². The number of nitrogens with zero attached hydrogens (tertiary/aromatic N) is 1. The molecule has 0 saturated carbocycles. The Kier molecular flexibility index (Phi) is 2.45. The van der Waals surface area contributed by atoms with Crippen molar-refractivity contribution >= 4 is 22.0 Å². The molecule has 2 N–H and O–H groups in total. The topological polar surface area (TPSA) is 38.9 Å². The summed E-state index contributed by atoms with van der Waals surface area (Å²) in [5.41, 5.74) is 6.03. The summed E-state index contributed by atoms with van der Waals surface area (Å²) in [6.45, 7) is 0. The Bertz CT molecular complexity index is 228. The molecular formula is C7H7BrN2. The average Bonchev–Trinajstić information content (AvgIpc) is 1.95. The van der Waals surface area contributed by atoms with E-state index in [2.05, 4.69) is 20.9 Å². The van der Waals surface area contributed by atoms with Crippen LogP contribution in [0.25, 0.3) is 6.08 Å². The van der Waals surface area contributed by atoms with Gasteiger partial charge in [-0.15, -0.1) is 0 Å². The SMILES string of the molecule is N/C=C\c1ccc(Br)cn1. The van der Waals surface area contributed by atoms with Crippen LogP contribution in [-0.2, 0) is 0 Å². The fourth-order valence-electron chi connectivity index (χ4n) is 0.584. The van der Waals surface area contributed by atoms with E-state index in [9.17, 15) is 0 Å². The van der Waals surface area contributed by atoms with Crippen molar-refractivity contribution in [1.29, 1.82) is 0 Å². The third-order valence-electron chi connectivity index (χ3n) is 1.02. The van der Waals surface area contributed by atoms with Crippen molar-refractivity contribution in [3.05, 3.63) is 34.7 Å². The Morgan fingerprint density at radius 3 is 2.80 bits per heavy atom. The van der Waals surface area contributed by atoms with E-state index in [1.807, 2.05) is 12.1 Å². The minimum Gasteiger partial charge on any atom is -0.405 e. The van der Waals surface area contributed by atoms with Gasteiger partial charge < -0.3 is 5.73 Å². The lowest BCUT2D eigenvalue weighted by atomic mass is 10.3. The first-order chi connectivity index (χ1) is 4.83. The molecule has 0 saturated heterocycles. The van der Waals surface area contributed by atoms with Gasteiger partial charge in [0, 0.05) is 10.7 Å². The van der Waals surface area contributed by atoms with Crippen LogP contribution in [0, 0.1) is 0 Å². The monoisotopic (exact) mass is 198 g/mol. The predicted octanol–water partition coefficient (Wildman–Crippen LogP) is 1.77. The van der Waals surface area contributed by atoms with Gasteiger partial charge in [-0.05, 0) is 40.3 Å². The average molecular weight is 199 g/mol. The van der Waals surface area contributed by atoms with Crippen molar-refractivity contribution in [2.75, 3.05) is 0 Å². The maximum absolute atomic E-state index is 5.17. The van der Waals surface area contributed by atoms with Crippen LogP contribution in [0.2, 0.25) is 0 Å².